The van der Waals surface area contributed by atoms with Crippen LogP contribution in [0.3, 0.4) is 0 Å². The molecule has 0 bridgehead atoms. The van der Waals surface area contributed by atoms with E-state index in [1.54, 1.807) is 0 Å². The molecule has 0 radical (unpaired) electrons. The van der Waals surface area contributed by atoms with E-state index in [1.807, 2.05) is 0 Å². The number of hydrogen-bond acceptors (Lipinski definition) is 10. The van der Waals surface area contributed by atoms with Gasteiger partial charge in [0.05, 0.1) is 25.4 Å². The summed E-state index contributed by atoms with van der Waals surface area (Å²) in [5.74, 6) is -0.703. The van der Waals surface area contributed by atoms with Crippen molar-refractivity contribution in [1.82, 2.24) is 5.32 Å². The van der Waals surface area contributed by atoms with Crippen LogP contribution in [0, 0.1) is 0 Å². The average Bonchev–Trinajstić information content (AvgIpc) is 3.53. The Morgan fingerprint density at radius 3 is 1.09 bits per heavy atom. The second-order valence-electron chi connectivity index (χ2n) is 25.3. The van der Waals surface area contributed by atoms with Gasteiger partial charge in [-0.3, -0.25) is 4.79 Å². The molecule has 9 unspecified atom stereocenters. The molecule has 1 aliphatic heterocycles. The molecule has 1 saturated heterocycles. The number of carbonyl (C=O) groups excluding carboxylic acids is 1. The van der Waals surface area contributed by atoms with Crippen LogP contribution in [0.15, 0.2) is 24.3 Å². The number of allylic oxidation sites excluding steroid dienone is 4. The molecule has 0 spiro atoms. The standard InChI is InChI=1S/C71H137NO10/c1-3-5-7-9-11-13-15-17-19-21-23-25-27-29-31-33-35-37-39-41-43-45-47-49-51-53-55-57-59-64(75)70(80)72-62(61-81-71-69(79)68(78)67(77)65(60-73)82-71)66(76)63(74)58-56-54-52-50-48-46-44-42-40-38-36-34-32-30-28-26-24-22-20-18-16-14-12-10-8-6-4-2/h42,44,50,52,62-69,71,73-79H,3-41,43,45-49,51,53-61H2,1-2H3,(H,72,80)/b44-42+,52-50+. The number of carbonyl (C=O) groups is 1. The van der Waals surface area contributed by atoms with Gasteiger partial charge in [0.2, 0.25) is 5.91 Å². The SMILES string of the molecule is CCCCCCCCCCCCCCCCCCCC/C=C/CC/C=C/CCCC(O)C(O)C(COC1OC(CO)C(O)C(O)C1O)NC(=O)C(O)CCCCCCCCCCCCCCCCCCCCCCCCCCCCCC. The Bertz CT molecular complexity index is 1380. The van der Waals surface area contributed by atoms with Gasteiger partial charge in [-0.1, -0.05) is 327 Å². The van der Waals surface area contributed by atoms with E-state index in [1.165, 1.54) is 270 Å². The number of unbranched alkanes of at least 4 members (excludes halogenated alkanes) is 47. The van der Waals surface area contributed by atoms with E-state index >= 15 is 0 Å². The summed E-state index contributed by atoms with van der Waals surface area (Å²) in [4.78, 5) is 13.3. The van der Waals surface area contributed by atoms with Gasteiger partial charge in [-0.15, -0.1) is 0 Å². The normalized spacial score (nSPS) is 19.2. The predicted molar refractivity (Wildman–Crippen MR) is 344 cm³/mol. The van der Waals surface area contributed by atoms with Crippen LogP contribution < -0.4 is 5.32 Å². The summed E-state index contributed by atoms with van der Waals surface area (Å²) in [6.45, 7) is 3.50. The number of hydrogen-bond donors (Lipinski definition) is 8. The largest absolute Gasteiger partial charge is 0.394 e. The van der Waals surface area contributed by atoms with Crippen molar-refractivity contribution in [3.8, 4) is 0 Å². The molecule has 9 atom stereocenters. The summed E-state index contributed by atoms with van der Waals surface area (Å²) in [6.07, 6.45) is 64.1. The van der Waals surface area contributed by atoms with Crippen molar-refractivity contribution in [1.29, 1.82) is 0 Å². The highest BCUT2D eigenvalue weighted by Crippen LogP contribution is 2.24. The molecular formula is C71H137NO10. The van der Waals surface area contributed by atoms with Crippen LogP contribution in [0.2, 0.25) is 0 Å². The molecular weight excluding hydrogens is 1030 g/mol. The fourth-order valence-corrected chi connectivity index (χ4v) is 11.8. The molecule has 0 aromatic rings. The summed E-state index contributed by atoms with van der Waals surface area (Å²) in [6, 6.07) is -1.19. The van der Waals surface area contributed by atoms with E-state index in [0.29, 0.717) is 19.3 Å². The number of aliphatic hydroxyl groups excluding tert-OH is 7. The highest BCUT2D eigenvalue weighted by Gasteiger charge is 2.44. The van der Waals surface area contributed by atoms with Gasteiger partial charge < -0.3 is 50.5 Å². The maximum Gasteiger partial charge on any atom is 0.249 e. The molecule has 0 aromatic heterocycles. The summed E-state index contributed by atoms with van der Waals surface area (Å²) in [7, 11) is 0. The third-order valence-electron chi connectivity index (χ3n) is 17.5. The monoisotopic (exact) mass is 1160 g/mol. The first-order valence-electron chi connectivity index (χ1n) is 35.7. The lowest BCUT2D eigenvalue weighted by atomic mass is 9.98. The van der Waals surface area contributed by atoms with Gasteiger partial charge in [0, 0.05) is 0 Å². The van der Waals surface area contributed by atoms with Crippen molar-refractivity contribution >= 4 is 5.91 Å². The molecule has 0 saturated carbocycles. The maximum absolute atomic E-state index is 13.3. The smallest absolute Gasteiger partial charge is 0.249 e. The van der Waals surface area contributed by atoms with Gasteiger partial charge in [0.15, 0.2) is 6.29 Å². The summed E-state index contributed by atoms with van der Waals surface area (Å²) < 4.78 is 11.2. The highest BCUT2D eigenvalue weighted by molar-refractivity contribution is 5.80. The highest BCUT2D eigenvalue weighted by atomic mass is 16.7. The van der Waals surface area contributed by atoms with E-state index in [9.17, 15) is 40.5 Å². The number of aliphatic hydroxyl groups is 7. The second kappa shape index (κ2) is 59.9. The molecule has 11 nitrogen and oxygen atoms in total. The van der Waals surface area contributed by atoms with Crippen molar-refractivity contribution < 1.29 is 50.0 Å². The van der Waals surface area contributed by atoms with E-state index in [-0.39, 0.29) is 12.8 Å². The van der Waals surface area contributed by atoms with Gasteiger partial charge in [-0.05, 0) is 51.4 Å². The van der Waals surface area contributed by atoms with Crippen LogP contribution in [-0.2, 0) is 14.3 Å². The Hall–Kier alpha value is -1.41. The molecule has 11 heteroatoms. The quantitative estimate of drug-likeness (QED) is 0.0215. The van der Waals surface area contributed by atoms with Crippen LogP contribution in [0.25, 0.3) is 0 Å². The number of ether oxygens (including phenoxy) is 2. The van der Waals surface area contributed by atoms with E-state index in [0.717, 1.165) is 38.5 Å². The second-order valence-corrected chi connectivity index (χ2v) is 25.3. The minimum atomic E-state index is -1.67. The average molecular weight is 1160 g/mol. The minimum Gasteiger partial charge on any atom is -0.394 e. The lowest BCUT2D eigenvalue weighted by molar-refractivity contribution is -0.303. The number of nitrogens with one attached hydrogen (secondary N) is 1. The maximum atomic E-state index is 13.3. The predicted octanol–water partition coefficient (Wildman–Crippen LogP) is 17.2. The Kier molecular flexibility index (Phi) is 57.4. The lowest BCUT2D eigenvalue weighted by Gasteiger charge is -2.40. The Labute approximate surface area is 505 Å². The Balaban J connectivity index is 2.22. The first-order chi connectivity index (χ1) is 40.2. The summed E-state index contributed by atoms with van der Waals surface area (Å²) in [5, 5.41) is 76.5. The van der Waals surface area contributed by atoms with Crippen molar-refractivity contribution in [2.24, 2.45) is 0 Å². The Morgan fingerprint density at radius 2 is 0.732 bits per heavy atom. The van der Waals surface area contributed by atoms with Gasteiger partial charge in [0.1, 0.15) is 36.6 Å². The molecule has 0 aliphatic carbocycles. The molecule has 8 N–H and O–H groups in total. The van der Waals surface area contributed by atoms with Gasteiger partial charge in [-0.2, -0.15) is 0 Å². The van der Waals surface area contributed by atoms with Crippen molar-refractivity contribution in [3.63, 3.8) is 0 Å². The van der Waals surface area contributed by atoms with Crippen molar-refractivity contribution in [2.45, 2.75) is 409 Å². The molecule has 486 valence electrons. The zero-order valence-electron chi connectivity index (χ0n) is 53.8. The molecule has 82 heavy (non-hydrogen) atoms. The van der Waals surface area contributed by atoms with E-state index in [4.69, 9.17) is 9.47 Å². The van der Waals surface area contributed by atoms with Crippen LogP contribution in [0.1, 0.15) is 354 Å². The third-order valence-corrected chi connectivity index (χ3v) is 17.5. The topological polar surface area (TPSA) is 189 Å². The molecule has 1 aliphatic rings. The zero-order valence-corrected chi connectivity index (χ0v) is 53.8. The first kappa shape index (κ1) is 78.6. The van der Waals surface area contributed by atoms with E-state index in [2.05, 4.69) is 43.5 Å². The molecule has 1 heterocycles. The third kappa shape index (κ3) is 46.8. The van der Waals surface area contributed by atoms with Crippen LogP contribution in [0.5, 0.6) is 0 Å². The van der Waals surface area contributed by atoms with Crippen molar-refractivity contribution in [2.75, 3.05) is 13.2 Å². The van der Waals surface area contributed by atoms with Crippen molar-refractivity contribution in [3.05, 3.63) is 24.3 Å². The molecule has 0 aromatic carbocycles. The van der Waals surface area contributed by atoms with Gasteiger partial charge in [0.25, 0.3) is 0 Å². The molecule has 1 amide bonds. The van der Waals surface area contributed by atoms with Crippen LogP contribution in [0.4, 0.5) is 0 Å². The molecule has 1 fully saturated rings. The minimum absolute atomic E-state index is 0.249. The van der Waals surface area contributed by atoms with Crippen LogP contribution in [-0.4, -0.2) is 110 Å². The number of rotatable bonds is 63. The fraction of sp³-hybridized carbons (Fsp3) is 0.930. The number of amides is 1. The van der Waals surface area contributed by atoms with Crippen LogP contribution >= 0.6 is 0 Å². The van der Waals surface area contributed by atoms with Gasteiger partial charge in [-0.25, -0.2) is 0 Å². The summed E-state index contributed by atoms with van der Waals surface area (Å²) >= 11 is 0. The zero-order chi connectivity index (χ0) is 59.6. The molecule has 1 rings (SSSR count). The fourth-order valence-electron chi connectivity index (χ4n) is 11.8. The lowest BCUT2D eigenvalue weighted by Crippen LogP contribution is -2.60. The first-order valence-corrected chi connectivity index (χ1v) is 35.7. The van der Waals surface area contributed by atoms with E-state index < -0.39 is 74.2 Å². The Morgan fingerprint density at radius 1 is 0.415 bits per heavy atom. The summed E-state index contributed by atoms with van der Waals surface area (Å²) in [5.41, 5.74) is 0. The van der Waals surface area contributed by atoms with Gasteiger partial charge >= 0.3 is 0 Å².